The van der Waals surface area contributed by atoms with Gasteiger partial charge in [-0.2, -0.15) is 0 Å². The first-order chi connectivity index (χ1) is 27.8. The molecule has 0 saturated heterocycles. The molecule has 8 aromatic carbocycles. The van der Waals surface area contributed by atoms with Crippen molar-refractivity contribution in [3.63, 3.8) is 0 Å². The Hall–Kier alpha value is -7.09. The molecule has 0 aliphatic carbocycles. The fourth-order valence-electron chi connectivity index (χ4n) is 9.53. The Bertz CT molecular complexity index is 3040. The van der Waals surface area contributed by atoms with Gasteiger partial charge in [-0.15, -0.1) is 0 Å². The summed E-state index contributed by atoms with van der Waals surface area (Å²) in [5.74, 6) is 4.15. The maximum absolute atomic E-state index is 7.04. The van der Waals surface area contributed by atoms with Gasteiger partial charge >= 0.3 is 0 Å². The first-order valence-corrected chi connectivity index (χ1v) is 21.1. The lowest BCUT2D eigenvalue weighted by Crippen LogP contribution is -2.74. The summed E-state index contributed by atoms with van der Waals surface area (Å²) in [5, 5.41) is 5.16. The second kappa shape index (κ2) is 12.0. The number of fused-ring (bicyclic) bond motifs is 10. The van der Waals surface area contributed by atoms with Crippen LogP contribution in [0.1, 0.15) is 0 Å². The highest BCUT2D eigenvalue weighted by atomic mass is 28.3. The average molecular weight is 734 g/mol. The topological polar surface area (TPSA) is 40.7 Å². The van der Waals surface area contributed by atoms with E-state index in [0.29, 0.717) is 0 Å². The summed E-state index contributed by atoms with van der Waals surface area (Å²) in [6, 6.07) is 69.5. The molecule has 262 valence electrons. The van der Waals surface area contributed by atoms with Crippen LogP contribution in [-0.2, 0) is 0 Å². The maximum atomic E-state index is 7.04. The van der Waals surface area contributed by atoms with Crippen LogP contribution in [0.2, 0.25) is 0 Å². The van der Waals surface area contributed by atoms with Crippen molar-refractivity contribution in [3.05, 3.63) is 194 Å². The second-order valence-electron chi connectivity index (χ2n) is 14.6. The van der Waals surface area contributed by atoms with Gasteiger partial charge in [0, 0.05) is 17.2 Å². The number of hydrogen-bond donors (Lipinski definition) is 0. The van der Waals surface area contributed by atoms with Crippen molar-refractivity contribution in [2.24, 2.45) is 0 Å². The summed E-state index contributed by atoms with van der Waals surface area (Å²) >= 11 is 0. The van der Waals surface area contributed by atoms with Gasteiger partial charge in [0.15, 0.2) is 13.8 Å². The van der Waals surface area contributed by atoms with Crippen molar-refractivity contribution in [2.45, 2.75) is 0 Å². The lowest BCUT2D eigenvalue weighted by Gasteiger charge is -2.34. The quantitative estimate of drug-likeness (QED) is 0.149. The van der Waals surface area contributed by atoms with E-state index in [1.165, 1.54) is 20.7 Å². The molecule has 0 N–H and O–H groups in total. The van der Waals surface area contributed by atoms with Crippen LogP contribution in [0.15, 0.2) is 194 Å². The van der Waals surface area contributed by atoms with Gasteiger partial charge in [0.1, 0.15) is 22.8 Å². The number of nitrogens with zero attached hydrogens (tertiary/aromatic N) is 3. The molecule has 5 nitrogen and oxygen atoms in total. The molecular weight excluding hydrogens is 701 g/mol. The zero-order valence-electron chi connectivity index (χ0n) is 30.2. The number of rotatable bonds is 5. The number of aromatic nitrogens is 3. The molecule has 4 heterocycles. The smallest absolute Gasteiger partial charge is 0.260 e. The fraction of sp³-hybridized carbons (Fsp3) is 0. The van der Waals surface area contributed by atoms with Gasteiger partial charge in [-0.25, -0.2) is 4.98 Å². The van der Waals surface area contributed by atoms with Crippen molar-refractivity contribution in [2.75, 3.05) is 0 Å². The predicted octanol–water partition coefficient (Wildman–Crippen LogP) is 6.54. The minimum absolute atomic E-state index is 0.0386. The molecule has 10 aromatic rings. The summed E-state index contributed by atoms with van der Waals surface area (Å²) in [6.45, 7) is -0.0386. The Balaban J connectivity index is 1.24. The van der Waals surface area contributed by atoms with E-state index in [4.69, 9.17) is 14.5 Å². The molecule has 0 fully saturated rings. The first-order valence-electron chi connectivity index (χ1n) is 19.1. The number of para-hydroxylation sites is 4. The highest BCUT2D eigenvalue weighted by molar-refractivity contribution is 7.20. The van der Waals surface area contributed by atoms with E-state index in [9.17, 15) is 0 Å². The molecule has 0 bridgehead atoms. The van der Waals surface area contributed by atoms with Crippen molar-refractivity contribution < 1.29 is 9.47 Å². The summed E-state index contributed by atoms with van der Waals surface area (Å²) in [6.07, 6.45) is 0. The van der Waals surface area contributed by atoms with E-state index in [1.807, 2.05) is 6.07 Å². The van der Waals surface area contributed by atoms with Gasteiger partial charge in [0.2, 0.25) is 5.78 Å². The van der Waals surface area contributed by atoms with E-state index >= 15 is 0 Å². The van der Waals surface area contributed by atoms with E-state index in [2.05, 4.69) is 197 Å². The molecular formula is C49H32BN3O2Si. The van der Waals surface area contributed by atoms with Crippen LogP contribution in [0.4, 0.5) is 0 Å². The lowest BCUT2D eigenvalue weighted by molar-refractivity contribution is 0.467. The SMILES string of the molecule is c1ccc(-n2c3c4c5c(cc3n3c6cccc([Si](c7ccccc7)(c7ccccc7)c7ccccc7)c6nc23)Oc2ccccc2B5c2ccccc2O4)cc1. The Labute approximate surface area is 324 Å². The van der Waals surface area contributed by atoms with Gasteiger partial charge < -0.3 is 9.47 Å². The molecule has 0 unspecified atom stereocenters. The fourth-order valence-corrected chi connectivity index (χ4v) is 14.4. The maximum Gasteiger partial charge on any atom is 0.260 e. The van der Waals surface area contributed by atoms with Crippen molar-refractivity contribution in [1.82, 2.24) is 14.0 Å². The van der Waals surface area contributed by atoms with E-state index in [0.717, 1.165) is 72.9 Å². The molecule has 2 aliphatic rings. The zero-order valence-corrected chi connectivity index (χ0v) is 31.2. The van der Waals surface area contributed by atoms with Gasteiger partial charge in [-0.05, 0) is 62.0 Å². The van der Waals surface area contributed by atoms with Crippen LogP contribution in [0, 0.1) is 0 Å². The average Bonchev–Trinajstić information content (AvgIpc) is 3.81. The van der Waals surface area contributed by atoms with Crippen LogP contribution in [-0.4, -0.2) is 28.7 Å². The number of imidazole rings is 2. The molecule has 0 atom stereocenters. The number of ether oxygens (including phenoxy) is 2. The van der Waals surface area contributed by atoms with Crippen molar-refractivity contribution in [3.8, 4) is 28.7 Å². The van der Waals surface area contributed by atoms with Crippen molar-refractivity contribution >= 4 is 79.8 Å². The molecule has 2 aromatic heterocycles. The summed E-state index contributed by atoms with van der Waals surface area (Å²) in [5.41, 5.74) is 8.28. The van der Waals surface area contributed by atoms with Crippen LogP contribution >= 0.6 is 0 Å². The molecule has 0 amide bonds. The highest BCUT2D eigenvalue weighted by Crippen LogP contribution is 2.42. The van der Waals surface area contributed by atoms with Gasteiger partial charge in [0.05, 0.1) is 16.6 Å². The third-order valence-electron chi connectivity index (χ3n) is 11.8. The largest absolute Gasteiger partial charge is 0.458 e. The number of benzene rings is 8. The monoisotopic (exact) mass is 733 g/mol. The first kappa shape index (κ1) is 31.3. The molecule has 7 heteroatoms. The normalized spacial score (nSPS) is 12.9. The zero-order chi connectivity index (χ0) is 36.8. The molecule has 0 spiro atoms. The van der Waals surface area contributed by atoms with Gasteiger partial charge in [0.25, 0.3) is 6.71 Å². The minimum Gasteiger partial charge on any atom is -0.458 e. The van der Waals surface area contributed by atoms with Crippen LogP contribution in [0.25, 0.3) is 33.5 Å². The van der Waals surface area contributed by atoms with Gasteiger partial charge in [-0.1, -0.05) is 158 Å². The minimum atomic E-state index is -2.92. The summed E-state index contributed by atoms with van der Waals surface area (Å²) in [4.78, 5) is 5.76. The summed E-state index contributed by atoms with van der Waals surface area (Å²) < 4.78 is 18.5. The Kier molecular flexibility index (Phi) is 6.68. The number of hydrogen-bond acceptors (Lipinski definition) is 3. The van der Waals surface area contributed by atoms with Crippen LogP contribution in [0.5, 0.6) is 23.0 Å². The van der Waals surface area contributed by atoms with Crippen molar-refractivity contribution in [1.29, 1.82) is 0 Å². The van der Waals surface area contributed by atoms with E-state index in [-0.39, 0.29) is 6.71 Å². The van der Waals surface area contributed by atoms with Crippen LogP contribution in [0.3, 0.4) is 0 Å². The standard InChI is InChI=1S/C49H32BN3O2Si/c1-5-18-33(19-6-1)52-47-40(32-43-45-48(47)55-42-30-16-14-27-38(42)50(45)37-26-13-15-29-41(37)54-43)53-39-28-17-31-44(46(39)51-49(52)53)56(34-20-7-2-8-21-34,35-22-9-3-10-23-35)36-24-11-4-12-25-36/h1-32H. The Morgan fingerprint density at radius 3 is 1.62 bits per heavy atom. The second-order valence-corrected chi connectivity index (χ2v) is 18.4. The highest BCUT2D eigenvalue weighted by Gasteiger charge is 2.45. The lowest BCUT2D eigenvalue weighted by atomic mass is 9.35. The molecule has 56 heavy (non-hydrogen) atoms. The molecule has 0 saturated carbocycles. The van der Waals surface area contributed by atoms with E-state index < -0.39 is 8.07 Å². The Morgan fingerprint density at radius 1 is 0.482 bits per heavy atom. The third-order valence-corrected chi connectivity index (χ3v) is 16.6. The summed E-state index contributed by atoms with van der Waals surface area (Å²) in [7, 11) is -2.92. The van der Waals surface area contributed by atoms with E-state index in [1.54, 1.807) is 0 Å². The molecule has 0 radical (unpaired) electrons. The van der Waals surface area contributed by atoms with Crippen LogP contribution < -0.4 is 46.6 Å². The Morgan fingerprint density at radius 2 is 1.02 bits per heavy atom. The van der Waals surface area contributed by atoms with Gasteiger partial charge in [-0.3, -0.25) is 8.97 Å². The molecule has 2 aliphatic heterocycles. The predicted molar refractivity (Wildman–Crippen MR) is 231 cm³/mol. The third kappa shape index (κ3) is 4.23. The molecule has 12 rings (SSSR count).